The van der Waals surface area contributed by atoms with Crippen molar-refractivity contribution in [2.75, 3.05) is 6.54 Å². The second-order valence-electron chi connectivity index (χ2n) is 4.89. The van der Waals surface area contributed by atoms with E-state index in [1.165, 1.54) is 0 Å². The third-order valence-corrected chi connectivity index (χ3v) is 3.29. The third kappa shape index (κ3) is 2.85. The van der Waals surface area contributed by atoms with Crippen LogP contribution in [0.15, 0.2) is 48.7 Å². The number of hydrogen-bond acceptors (Lipinski definition) is 4. The molecule has 0 aliphatic carbocycles. The van der Waals surface area contributed by atoms with Gasteiger partial charge in [0.1, 0.15) is 5.52 Å². The number of pyridine rings is 2. The third-order valence-electron chi connectivity index (χ3n) is 3.29. The molecule has 2 aromatic heterocycles. The number of fused-ring (bicyclic) bond motifs is 1. The van der Waals surface area contributed by atoms with E-state index in [2.05, 4.69) is 9.97 Å². The van der Waals surface area contributed by atoms with Gasteiger partial charge in [-0.25, -0.2) is 9.97 Å². The molecule has 0 amide bonds. The van der Waals surface area contributed by atoms with Gasteiger partial charge in [0.15, 0.2) is 5.75 Å². The number of ether oxygens (including phenoxy) is 1. The van der Waals surface area contributed by atoms with Gasteiger partial charge in [-0.1, -0.05) is 24.3 Å². The standard InChI is InChI=1S/C17H17N3O/c1-12-7-8-13-4-2-6-15(16(13)20-12)21-17-14(9-10-18)5-3-11-19-17/h2-8,11H,9-10,18H2,1H3. The van der Waals surface area contributed by atoms with E-state index in [4.69, 9.17) is 10.5 Å². The minimum absolute atomic E-state index is 0.564. The van der Waals surface area contributed by atoms with E-state index in [0.29, 0.717) is 18.2 Å². The van der Waals surface area contributed by atoms with Crippen LogP contribution >= 0.6 is 0 Å². The van der Waals surface area contributed by atoms with Crippen LogP contribution in [-0.2, 0) is 6.42 Å². The van der Waals surface area contributed by atoms with E-state index in [0.717, 1.165) is 28.6 Å². The van der Waals surface area contributed by atoms with E-state index in [1.807, 2.05) is 49.4 Å². The zero-order valence-electron chi connectivity index (χ0n) is 11.9. The Morgan fingerprint density at radius 3 is 2.86 bits per heavy atom. The van der Waals surface area contributed by atoms with Gasteiger partial charge in [-0.3, -0.25) is 0 Å². The van der Waals surface area contributed by atoms with Gasteiger partial charge in [0, 0.05) is 22.8 Å². The summed E-state index contributed by atoms with van der Waals surface area (Å²) in [4.78, 5) is 8.89. The highest BCUT2D eigenvalue weighted by atomic mass is 16.5. The van der Waals surface area contributed by atoms with Crippen molar-refractivity contribution in [1.29, 1.82) is 0 Å². The van der Waals surface area contributed by atoms with E-state index < -0.39 is 0 Å². The zero-order valence-corrected chi connectivity index (χ0v) is 11.9. The van der Waals surface area contributed by atoms with Crippen molar-refractivity contribution < 1.29 is 4.74 Å². The summed E-state index contributed by atoms with van der Waals surface area (Å²) >= 11 is 0. The average Bonchev–Trinajstić information content (AvgIpc) is 2.50. The molecule has 0 saturated heterocycles. The predicted molar refractivity (Wildman–Crippen MR) is 83.5 cm³/mol. The number of nitrogens with zero attached hydrogens (tertiary/aromatic N) is 2. The van der Waals surface area contributed by atoms with Crippen molar-refractivity contribution >= 4 is 10.9 Å². The number of benzene rings is 1. The van der Waals surface area contributed by atoms with Gasteiger partial charge in [-0.2, -0.15) is 0 Å². The summed E-state index contributed by atoms with van der Waals surface area (Å²) in [6.45, 7) is 2.53. The van der Waals surface area contributed by atoms with Crippen LogP contribution in [-0.4, -0.2) is 16.5 Å². The van der Waals surface area contributed by atoms with Crippen LogP contribution in [0.25, 0.3) is 10.9 Å². The summed E-state index contributed by atoms with van der Waals surface area (Å²) in [5.41, 5.74) is 8.45. The van der Waals surface area contributed by atoms with Crippen molar-refractivity contribution in [3.05, 3.63) is 59.9 Å². The maximum Gasteiger partial charge on any atom is 0.222 e. The van der Waals surface area contributed by atoms with E-state index in [1.54, 1.807) is 6.20 Å². The Hall–Kier alpha value is -2.46. The van der Waals surface area contributed by atoms with E-state index in [9.17, 15) is 0 Å². The molecule has 0 atom stereocenters. The summed E-state index contributed by atoms with van der Waals surface area (Å²) in [7, 11) is 0. The molecule has 4 nitrogen and oxygen atoms in total. The quantitative estimate of drug-likeness (QED) is 0.796. The minimum Gasteiger partial charge on any atom is -0.436 e. The van der Waals surface area contributed by atoms with Crippen LogP contribution in [0.5, 0.6) is 11.6 Å². The number of aryl methyl sites for hydroxylation is 1. The van der Waals surface area contributed by atoms with Crippen molar-refractivity contribution in [1.82, 2.24) is 9.97 Å². The predicted octanol–water partition coefficient (Wildman–Crippen LogP) is 3.23. The second-order valence-corrected chi connectivity index (χ2v) is 4.89. The van der Waals surface area contributed by atoms with Gasteiger partial charge in [-0.15, -0.1) is 0 Å². The van der Waals surface area contributed by atoms with Crippen LogP contribution < -0.4 is 10.5 Å². The number of rotatable bonds is 4. The number of para-hydroxylation sites is 1. The molecule has 0 aliphatic rings. The lowest BCUT2D eigenvalue weighted by molar-refractivity contribution is 0.460. The molecule has 0 saturated carbocycles. The molecule has 21 heavy (non-hydrogen) atoms. The maximum absolute atomic E-state index is 6.00. The van der Waals surface area contributed by atoms with Gasteiger partial charge >= 0.3 is 0 Å². The number of nitrogens with two attached hydrogens (primary N) is 1. The molecule has 2 N–H and O–H groups in total. The van der Waals surface area contributed by atoms with Crippen molar-refractivity contribution in [2.45, 2.75) is 13.3 Å². The van der Waals surface area contributed by atoms with Crippen molar-refractivity contribution in [3.63, 3.8) is 0 Å². The van der Waals surface area contributed by atoms with Crippen LogP contribution in [0.1, 0.15) is 11.3 Å². The van der Waals surface area contributed by atoms with Crippen LogP contribution in [0.4, 0.5) is 0 Å². The molecular formula is C17H17N3O. The lowest BCUT2D eigenvalue weighted by Crippen LogP contribution is -2.05. The molecule has 0 aliphatic heterocycles. The summed E-state index contributed by atoms with van der Waals surface area (Å²) < 4.78 is 6.00. The molecule has 4 heteroatoms. The summed E-state index contributed by atoms with van der Waals surface area (Å²) in [6.07, 6.45) is 2.46. The highest BCUT2D eigenvalue weighted by Crippen LogP contribution is 2.29. The Kier molecular flexibility index (Phi) is 3.79. The van der Waals surface area contributed by atoms with Crippen molar-refractivity contribution in [3.8, 4) is 11.6 Å². The number of aromatic nitrogens is 2. The molecule has 1 aromatic carbocycles. The van der Waals surface area contributed by atoms with Crippen molar-refractivity contribution in [2.24, 2.45) is 5.73 Å². The fourth-order valence-corrected chi connectivity index (χ4v) is 2.27. The first kappa shape index (κ1) is 13.5. The van der Waals surface area contributed by atoms with Gasteiger partial charge in [-0.05, 0) is 38.1 Å². The summed E-state index contributed by atoms with van der Waals surface area (Å²) in [5, 5.41) is 1.05. The Balaban J connectivity index is 2.04. The lowest BCUT2D eigenvalue weighted by atomic mass is 10.2. The average molecular weight is 279 g/mol. The Bertz CT molecular complexity index is 771. The van der Waals surface area contributed by atoms with Crippen LogP contribution in [0.2, 0.25) is 0 Å². The summed E-state index contributed by atoms with van der Waals surface area (Å²) in [6, 6.07) is 13.8. The Morgan fingerprint density at radius 2 is 2.00 bits per heavy atom. The fourth-order valence-electron chi connectivity index (χ4n) is 2.27. The van der Waals surface area contributed by atoms with Crippen LogP contribution in [0.3, 0.4) is 0 Å². The van der Waals surface area contributed by atoms with E-state index >= 15 is 0 Å². The zero-order chi connectivity index (χ0) is 14.7. The normalized spacial score (nSPS) is 10.8. The van der Waals surface area contributed by atoms with Gasteiger partial charge < -0.3 is 10.5 Å². The highest BCUT2D eigenvalue weighted by Gasteiger charge is 2.09. The monoisotopic (exact) mass is 279 g/mol. The van der Waals surface area contributed by atoms with Crippen LogP contribution in [0, 0.1) is 6.92 Å². The van der Waals surface area contributed by atoms with E-state index in [-0.39, 0.29) is 0 Å². The summed E-state index contributed by atoms with van der Waals surface area (Å²) in [5.74, 6) is 1.31. The molecule has 3 aromatic rings. The topological polar surface area (TPSA) is 61.0 Å². The SMILES string of the molecule is Cc1ccc2cccc(Oc3ncccc3CCN)c2n1. The largest absolute Gasteiger partial charge is 0.436 e. The lowest BCUT2D eigenvalue weighted by Gasteiger charge is -2.11. The Morgan fingerprint density at radius 1 is 1.10 bits per heavy atom. The van der Waals surface area contributed by atoms with Gasteiger partial charge in [0.2, 0.25) is 5.88 Å². The Labute approximate surface area is 123 Å². The number of hydrogen-bond donors (Lipinski definition) is 1. The molecule has 2 heterocycles. The molecule has 0 bridgehead atoms. The first-order valence-electron chi connectivity index (χ1n) is 6.96. The first-order valence-corrected chi connectivity index (χ1v) is 6.96. The van der Waals surface area contributed by atoms with Gasteiger partial charge in [0.25, 0.3) is 0 Å². The smallest absolute Gasteiger partial charge is 0.222 e. The molecule has 0 radical (unpaired) electrons. The fraction of sp³-hybridized carbons (Fsp3) is 0.176. The maximum atomic E-state index is 6.00. The minimum atomic E-state index is 0.564. The molecule has 3 rings (SSSR count). The molecule has 0 unspecified atom stereocenters. The highest BCUT2D eigenvalue weighted by molar-refractivity contribution is 5.84. The molecular weight excluding hydrogens is 262 g/mol. The molecule has 106 valence electrons. The van der Waals surface area contributed by atoms with Gasteiger partial charge in [0.05, 0.1) is 0 Å². The second kappa shape index (κ2) is 5.89. The first-order chi connectivity index (χ1) is 10.3. The molecule has 0 spiro atoms. The molecule has 0 fully saturated rings.